The maximum absolute atomic E-state index is 11.8. The van der Waals surface area contributed by atoms with Gasteiger partial charge in [0.25, 0.3) is 0 Å². The van der Waals surface area contributed by atoms with E-state index in [1.165, 1.54) is 12.3 Å². The number of pyridine rings is 1. The Balaban J connectivity index is 2.10. The molecule has 0 bridgehead atoms. The first-order valence-corrected chi connectivity index (χ1v) is 5.69. The Morgan fingerprint density at radius 1 is 1.05 bits per heavy atom. The molecular weight excluding hydrogens is 240 g/mol. The van der Waals surface area contributed by atoms with Gasteiger partial charge in [-0.25, -0.2) is 0 Å². The zero-order valence-corrected chi connectivity index (χ0v) is 10.1. The number of primary amides is 1. The van der Waals surface area contributed by atoms with Crippen molar-refractivity contribution < 1.29 is 9.59 Å². The lowest BCUT2D eigenvalue weighted by Gasteiger charge is -1.97. The van der Waals surface area contributed by atoms with Crippen molar-refractivity contribution in [1.82, 2.24) is 4.98 Å². The monoisotopic (exact) mass is 252 g/mol. The molecule has 4 nitrogen and oxygen atoms in total. The Morgan fingerprint density at radius 2 is 1.79 bits per heavy atom. The van der Waals surface area contributed by atoms with Crippen LogP contribution in [-0.2, 0) is 0 Å². The third-order valence-corrected chi connectivity index (χ3v) is 2.57. The van der Waals surface area contributed by atoms with Crippen molar-refractivity contribution in [2.24, 2.45) is 5.73 Å². The molecule has 1 heterocycles. The van der Waals surface area contributed by atoms with Gasteiger partial charge in [0.15, 0.2) is 5.78 Å². The second-order valence-corrected chi connectivity index (χ2v) is 3.93. The first-order chi connectivity index (χ1) is 9.16. The summed E-state index contributed by atoms with van der Waals surface area (Å²) in [5.41, 5.74) is 6.94. The average molecular weight is 252 g/mol. The minimum absolute atomic E-state index is 0.118. The van der Waals surface area contributed by atoms with E-state index in [9.17, 15) is 9.59 Å². The van der Waals surface area contributed by atoms with E-state index in [0.29, 0.717) is 11.1 Å². The predicted molar refractivity (Wildman–Crippen MR) is 72.6 cm³/mol. The maximum atomic E-state index is 11.8. The number of carbonyl (C=O) groups excluding carboxylic acids is 2. The fourth-order valence-corrected chi connectivity index (χ4v) is 1.54. The van der Waals surface area contributed by atoms with E-state index in [0.717, 1.165) is 5.56 Å². The number of amides is 1. The fourth-order valence-electron chi connectivity index (χ4n) is 1.54. The van der Waals surface area contributed by atoms with Crippen LogP contribution in [0.3, 0.4) is 0 Å². The molecule has 0 saturated heterocycles. The van der Waals surface area contributed by atoms with Crippen LogP contribution in [0.5, 0.6) is 0 Å². The van der Waals surface area contributed by atoms with Gasteiger partial charge in [-0.15, -0.1) is 0 Å². The molecule has 1 aromatic carbocycles. The second-order valence-electron chi connectivity index (χ2n) is 3.93. The topological polar surface area (TPSA) is 73.1 Å². The molecule has 2 aromatic rings. The zero-order chi connectivity index (χ0) is 13.7. The Labute approximate surface area is 110 Å². The lowest BCUT2D eigenvalue weighted by Crippen LogP contribution is -2.10. The van der Waals surface area contributed by atoms with Crippen LogP contribution < -0.4 is 5.73 Å². The fraction of sp³-hybridized carbons (Fsp3) is 0. The molecule has 2 N–H and O–H groups in total. The van der Waals surface area contributed by atoms with Crippen molar-refractivity contribution >= 4 is 17.8 Å². The standard InChI is InChI=1S/C15H12N2O2/c16-15(19)12-6-3-11(4-7-12)5-8-14(18)13-2-1-9-17-10-13/h1-10H,(H2,16,19)/b8-5+. The molecule has 1 amide bonds. The van der Waals surface area contributed by atoms with Crippen LogP contribution in [-0.4, -0.2) is 16.7 Å². The Bertz CT molecular complexity index is 616. The van der Waals surface area contributed by atoms with E-state index < -0.39 is 5.91 Å². The van der Waals surface area contributed by atoms with Crippen molar-refractivity contribution in [3.63, 3.8) is 0 Å². The highest BCUT2D eigenvalue weighted by atomic mass is 16.1. The summed E-state index contributed by atoms with van der Waals surface area (Å²) < 4.78 is 0. The normalized spacial score (nSPS) is 10.5. The molecule has 0 aliphatic heterocycles. The van der Waals surface area contributed by atoms with Crippen molar-refractivity contribution in [3.05, 3.63) is 71.6 Å². The third-order valence-electron chi connectivity index (χ3n) is 2.57. The molecule has 94 valence electrons. The molecule has 0 atom stereocenters. The molecular formula is C15H12N2O2. The summed E-state index contributed by atoms with van der Waals surface area (Å²) in [5, 5.41) is 0. The molecule has 0 fully saturated rings. The van der Waals surface area contributed by atoms with Gasteiger partial charge in [-0.1, -0.05) is 18.2 Å². The van der Waals surface area contributed by atoms with Crippen molar-refractivity contribution in [2.45, 2.75) is 0 Å². The molecule has 0 spiro atoms. The number of hydrogen-bond donors (Lipinski definition) is 1. The van der Waals surface area contributed by atoms with Gasteiger partial charge in [0.2, 0.25) is 5.91 Å². The highest BCUT2D eigenvalue weighted by Gasteiger charge is 2.01. The van der Waals surface area contributed by atoms with E-state index in [-0.39, 0.29) is 5.78 Å². The zero-order valence-electron chi connectivity index (χ0n) is 10.1. The summed E-state index contributed by atoms with van der Waals surface area (Å²) in [5.74, 6) is -0.589. The number of aromatic nitrogens is 1. The largest absolute Gasteiger partial charge is 0.366 e. The second kappa shape index (κ2) is 5.73. The number of allylic oxidation sites excluding steroid dienone is 1. The number of carbonyl (C=O) groups is 2. The van der Waals surface area contributed by atoms with Crippen LogP contribution in [0.25, 0.3) is 6.08 Å². The van der Waals surface area contributed by atoms with Crippen LogP contribution in [0.2, 0.25) is 0 Å². The van der Waals surface area contributed by atoms with Crippen LogP contribution in [0.1, 0.15) is 26.3 Å². The summed E-state index contributed by atoms with van der Waals surface area (Å²) in [6.45, 7) is 0. The first-order valence-electron chi connectivity index (χ1n) is 5.69. The van der Waals surface area contributed by atoms with Crippen LogP contribution in [0.4, 0.5) is 0 Å². The summed E-state index contributed by atoms with van der Waals surface area (Å²) in [7, 11) is 0. The van der Waals surface area contributed by atoms with Gasteiger partial charge in [0.1, 0.15) is 0 Å². The quantitative estimate of drug-likeness (QED) is 0.668. The highest BCUT2D eigenvalue weighted by molar-refractivity contribution is 6.06. The van der Waals surface area contributed by atoms with Gasteiger partial charge in [-0.2, -0.15) is 0 Å². The number of nitrogens with zero attached hydrogens (tertiary/aromatic N) is 1. The molecule has 0 unspecified atom stereocenters. The molecule has 19 heavy (non-hydrogen) atoms. The lowest BCUT2D eigenvalue weighted by atomic mass is 10.1. The predicted octanol–water partition coefficient (Wildman–Crippen LogP) is 2.08. The Kier molecular flexibility index (Phi) is 3.83. The minimum atomic E-state index is -0.470. The van der Waals surface area contributed by atoms with Gasteiger partial charge in [-0.05, 0) is 35.9 Å². The van der Waals surface area contributed by atoms with E-state index in [4.69, 9.17) is 5.73 Å². The minimum Gasteiger partial charge on any atom is -0.366 e. The van der Waals surface area contributed by atoms with Crippen molar-refractivity contribution in [3.8, 4) is 0 Å². The number of hydrogen-bond acceptors (Lipinski definition) is 3. The molecule has 4 heteroatoms. The van der Waals surface area contributed by atoms with E-state index in [1.807, 2.05) is 0 Å². The van der Waals surface area contributed by atoms with Gasteiger partial charge in [0.05, 0.1) is 0 Å². The summed E-state index contributed by atoms with van der Waals surface area (Å²) in [6, 6.07) is 10.1. The van der Waals surface area contributed by atoms with Crippen LogP contribution >= 0.6 is 0 Å². The smallest absolute Gasteiger partial charge is 0.248 e. The molecule has 0 saturated carbocycles. The van der Waals surface area contributed by atoms with Crippen molar-refractivity contribution in [2.75, 3.05) is 0 Å². The first kappa shape index (κ1) is 12.7. The Hall–Kier alpha value is -2.75. The number of benzene rings is 1. The van der Waals surface area contributed by atoms with Crippen molar-refractivity contribution in [1.29, 1.82) is 0 Å². The van der Waals surface area contributed by atoms with Crippen LogP contribution in [0.15, 0.2) is 54.9 Å². The average Bonchev–Trinajstić information content (AvgIpc) is 2.46. The maximum Gasteiger partial charge on any atom is 0.248 e. The molecule has 2 rings (SSSR count). The summed E-state index contributed by atoms with van der Waals surface area (Å²) >= 11 is 0. The van der Waals surface area contributed by atoms with Gasteiger partial charge in [-0.3, -0.25) is 14.6 Å². The van der Waals surface area contributed by atoms with E-state index in [1.54, 1.807) is 48.7 Å². The molecule has 1 aromatic heterocycles. The SMILES string of the molecule is NC(=O)c1ccc(/C=C/C(=O)c2cccnc2)cc1. The number of nitrogens with two attached hydrogens (primary N) is 1. The summed E-state index contributed by atoms with van der Waals surface area (Å²) in [6.07, 6.45) is 6.28. The highest BCUT2D eigenvalue weighted by Crippen LogP contribution is 2.07. The lowest BCUT2D eigenvalue weighted by molar-refractivity contribution is 0.0998. The van der Waals surface area contributed by atoms with E-state index in [2.05, 4.69) is 4.98 Å². The molecule has 0 aliphatic carbocycles. The van der Waals surface area contributed by atoms with Gasteiger partial charge >= 0.3 is 0 Å². The van der Waals surface area contributed by atoms with E-state index >= 15 is 0 Å². The van der Waals surface area contributed by atoms with Crippen LogP contribution in [0, 0.1) is 0 Å². The van der Waals surface area contributed by atoms with Gasteiger partial charge < -0.3 is 5.73 Å². The Morgan fingerprint density at radius 3 is 2.37 bits per heavy atom. The number of ketones is 1. The van der Waals surface area contributed by atoms with Gasteiger partial charge in [0, 0.05) is 23.5 Å². The summed E-state index contributed by atoms with van der Waals surface area (Å²) in [4.78, 5) is 26.6. The molecule has 0 aliphatic rings. The number of rotatable bonds is 4. The third kappa shape index (κ3) is 3.35. The molecule has 0 radical (unpaired) electrons.